The Bertz CT molecular complexity index is 813. The lowest BCUT2D eigenvalue weighted by atomic mass is 9.48. The molecule has 0 atom stereocenters. The Hall–Kier alpha value is -1.64. The van der Waals surface area contributed by atoms with E-state index in [0.717, 1.165) is 66.0 Å². The summed E-state index contributed by atoms with van der Waals surface area (Å²) in [5.41, 5.74) is 11.4. The molecule has 4 aliphatic carbocycles. The molecule has 4 saturated carbocycles. The lowest BCUT2D eigenvalue weighted by Gasteiger charge is -2.56. The summed E-state index contributed by atoms with van der Waals surface area (Å²) in [5, 5.41) is 0. The number of rotatable bonds is 3. The van der Waals surface area contributed by atoms with Crippen LogP contribution >= 0.6 is 0 Å². The van der Waals surface area contributed by atoms with E-state index in [9.17, 15) is 4.79 Å². The first-order valence-electron chi connectivity index (χ1n) is 10.7. The van der Waals surface area contributed by atoms with E-state index >= 15 is 0 Å². The van der Waals surface area contributed by atoms with Crippen molar-refractivity contribution in [1.29, 1.82) is 0 Å². The van der Waals surface area contributed by atoms with Gasteiger partial charge in [-0.05, 0) is 101 Å². The summed E-state index contributed by atoms with van der Waals surface area (Å²) in [5.74, 6) is 2.87. The number of hydrogen-bond donors (Lipinski definition) is 1. The van der Waals surface area contributed by atoms with Gasteiger partial charge in [0.05, 0.1) is 11.3 Å². The van der Waals surface area contributed by atoms with Crippen LogP contribution in [0.25, 0.3) is 0 Å². The van der Waals surface area contributed by atoms with Crippen molar-refractivity contribution in [1.82, 2.24) is 0 Å². The smallest absolute Gasteiger partial charge is 0.145 e. The van der Waals surface area contributed by atoms with E-state index in [1.54, 1.807) is 0 Å². The molecule has 144 valence electrons. The minimum absolute atomic E-state index is 0.0464. The molecule has 1 aliphatic heterocycles. The van der Waals surface area contributed by atoms with E-state index < -0.39 is 0 Å². The molecule has 5 aliphatic rings. The summed E-state index contributed by atoms with van der Waals surface area (Å²) in [7, 11) is 0. The van der Waals surface area contributed by atoms with Crippen LogP contribution < -0.4 is 5.73 Å². The van der Waals surface area contributed by atoms with Gasteiger partial charge in [0.1, 0.15) is 5.78 Å². The summed E-state index contributed by atoms with van der Waals surface area (Å²) < 4.78 is 0. The zero-order valence-corrected chi connectivity index (χ0v) is 17.0. The van der Waals surface area contributed by atoms with E-state index in [4.69, 9.17) is 10.7 Å². The Morgan fingerprint density at radius 1 is 1.11 bits per heavy atom. The average Bonchev–Trinajstić information content (AvgIpc) is 2.54. The van der Waals surface area contributed by atoms with E-state index in [-0.39, 0.29) is 11.0 Å². The van der Waals surface area contributed by atoms with Gasteiger partial charge in [-0.2, -0.15) is 0 Å². The number of carbonyl (C=O) groups excluding carboxylic acids is 1. The van der Waals surface area contributed by atoms with Crippen molar-refractivity contribution in [3.63, 3.8) is 0 Å². The molecule has 0 amide bonds. The number of aliphatic imine (C=N–C) groups is 1. The molecule has 3 nitrogen and oxygen atoms in total. The molecule has 0 spiro atoms. The molecule has 2 N–H and O–H groups in total. The molecule has 0 aromatic heterocycles. The maximum Gasteiger partial charge on any atom is 0.145 e. The predicted octanol–water partition coefficient (Wildman–Crippen LogP) is 4.88. The number of nitrogens with two attached hydrogens (primary N) is 1. The van der Waals surface area contributed by atoms with Crippen molar-refractivity contribution >= 4 is 17.2 Å². The van der Waals surface area contributed by atoms with Crippen LogP contribution in [0.4, 0.5) is 5.69 Å². The van der Waals surface area contributed by atoms with Gasteiger partial charge in [-0.3, -0.25) is 9.79 Å². The first kappa shape index (κ1) is 17.5. The number of ketones is 1. The lowest BCUT2D eigenvalue weighted by molar-refractivity contribution is -0.142. The minimum atomic E-state index is -0.146. The van der Waals surface area contributed by atoms with Crippen molar-refractivity contribution in [3.05, 3.63) is 28.8 Å². The van der Waals surface area contributed by atoms with Crippen LogP contribution in [0.5, 0.6) is 0 Å². The molecule has 4 fully saturated rings. The van der Waals surface area contributed by atoms with Gasteiger partial charge in [-0.15, -0.1) is 0 Å². The highest BCUT2D eigenvalue weighted by Crippen LogP contribution is 2.60. The molecule has 4 bridgehead atoms. The molecule has 6 rings (SSSR count). The average molecular weight is 365 g/mol. The minimum Gasteiger partial charge on any atom is -0.398 e. The first-order valence-corrected chi connectivity index (χ1v) is 10.7. The number of anilines is 1. The molecule has 0 unspecified atom stereocenters. The number of fused-ring (bicyclic) bond motifs is 1. The summed E-state index contributed by atoms with van der Waals surface area (Å²) in [6.45, 7) is 6.42. The van der Waals surface area contributed by atoms with Crippen LogP contribution in [0.2, 0.25) is 0 Å². The number of benzene rings is 1. The van der Waals surface area contributed by atoms with Crippen LogP contribution in [-0.2, 0) is 11.2 Å². The normalized spacial score (nSPS) is 35.7. The molecule has 0 saturated heterocycles. The van der Waals surface area contributed by atoms with E-state index in [1.165, 1.54) is 24.8 Å². The molecule has 1 aromatic carbocycles. The summed E-state index contributed by atoms with van der Waals surface area (Å²) >= 11 is 0. The second-order valence-corrected chi connectivity index (χ2v) is 10.7. The SMILES string of the molecule is Cc1cc2c(cc1N)C(CC(=O)C13CC4CC(CC(C4)C1)C3)=NC(C)(C)C2. The fourth-order valence-corrected chi connectivity index (χ4v) is 7.06. The van der Waals surface area contributed by atoms with Gasteiger partial charge in [0.25, 0.3) is 0 Å². The van der Waals surface area contributed by atoms with Gasteiger partial charge in [0.15, 0.2) is 0 Å². The quantitative estimate of drug-likeness (QED) is 0.777. The highest BCUT2D eigenvalue weighted by molar-refractivity contribution is 6.14. The zero-order chi connectivity index (χ0) is 19.0. The maximum absolute atomic E-state index is 13.6. The fourth-order valence-electron chi connectivity index (χ4n) is 7.06. The summed E-state index contributed by atoms with van der Waals surface area (Å²) in [6, 6.07) is 4.27. The van der Waals surface area contributed by atoms with Crippen molar-refractivity contribution in [2.45, 2.75) is 77.7 Å². The fraction of sp³-hybridized carbons (Fsp3) is 0.667. The summed E-state index contributed by atoms with van der Waals surface area (Å²) in [6.07, 6.45) is 8.94. The largest absolute Gasteiger partial charge is 0.398 e. The predicted molar refractivity (Wildman–Crippen MR) is 110 cm³/mol. The Morgan fingerprint density at radius 3 is 2.30 bits per heavy atom. The monoisotopic (exact) mass is 364 g/mol. The summed E-state index contributed by atoms with van der Waals surface area (Å²) in [4.78, 5) is 18.7. The molecular weight excluding hydrogens is 332 g/mol. The maximum atomic E-state index is 13.6. The van der Waals surface area contributed by atoms with Crippen molar-refractivity contribution in [3.8, 4) is 0 Å². The second-order valence-electron chi connectivity index (χ2n) is 10.7. The van der Waals surface area contributed by atoms with Crippen molar-refractivity contribution in [2.24, 2.45) is 28.2 Å². The van der Waals surface area contributed by atoms with Crippen LogP contribution in [0.1, 0.15) is 75.5 Å². The third-order valence-corrected chi connectivity index (χ3v) is 7.82. The number of hydrogen-bond acceptors (Lipinski definition) is 3. The van der Waals surface area contributed by atoms with E-state index in [2.05, 4.69) is 32.9 Å². The number of nitrogen functional groups attached to an aromatic ring is 1. The Balaban J connectivity index is 1.47. The molecule has 1 aromatic rings. The van der Waals surface area contributed by atoms with Crippen LogP contribution in [0.3, 0.4) is 0 Å². The Kier molecular flexibility index (Phi) is 3.68. The van der Waals surface area contributed by atoms with Crippen LogP contribution in [-0.4, -0.2) is 17.0 Å². The second kappa shape index (κ2) is 5.68. The third kappa shape index (κ3) is 2.85. The van der Waals surface area contributed by atoms with Gasteiger partial charge in [-0.25, -0.2) is 0 Å². The van der Waals surface area contributed by atoms with E-state index in [0.29, 0.717) is 12.2 Å². The van der Waals surface area contributed by atoms with Gasteiger partial charge in [0, 0.05) is 23.1 Å². The number of nitrogens with zero attached hydrogens (tertiary/aromatic N) is 1. The van der Waals surface area contributed by atoms with Gasteiger partial charge >= 0.3 is 0 Å². The van der Waals surface area contributed by atoms with Crippen LogP contribution in [0.15, 0.2) is 17.1 Å². The highest BCUT2D eigenvalue weighted by Gasteiger charge is 2.54. The standard InChI is InChI=1S/C24H32N2O/c1-14-4-18-13-23(2,3)26-21(19(18)8-20(14)25)9-22(27)24-10-15-5-16(11-24)7-17(6-15)12-24/h4,8,15-17H,5-7,9-13,25H2,1-3H3. The van der Waals surface area contributed by atoms with Crippen LogP contribution in [0, 0.1) is 30.1 Å². The van der Waals surface area contributed by atoms with Crippen molar-refractivity contribution < 1.29 is 4.79 Å². The molecular formula is C24H32N2O. The Labute approximate surface area is 162 Å². The van der Waals surface area contributed by atoms with Crippen molar-refractivity contribution in [2.75, 3.05) is 5.73 Å². The molecule has 1 heterocycles. The van der Waals surface area contributed by atoms with Gasteiger partial charge < -0.3 is 5.73 Å². The zero-order valence-electron chi connectivity index (χ0n) is 17.0. The first-order chi connectivity index (χ1) is 12.7. The third-order valence-electron chi connectivity index (χ3n) is 7.82. The molecule has 3 heteroatoms. The number of Topliss-reactive ketones (excluding diaryl/α,β-unsaturated/α-hetero) is 1. The lowest BCUT2D eigenvalue weighted by Crippen LogP contribution is -2.50. The van der Waals surface area contributed by atoms with E-state index in [1.807, 2.05) is 0 Å². The molecule has 27 heavy (non-hydrogen) atoms. The highest BCUT2D eigenvalue weighted by atomic mass is 16.1. The number of carbonyl (C=O) groups is 1. The molecule has 0 radical (unpaired) electrons. The Morgan fingerprint density at radius 2 is 1.70 bits per heavy atom. The topological polar surface area (TPSA) is 55.5 Å². The van der Waals surface area contributed by atoms with Gasteiger partial charge in [0.2, 0.25) is 0 Å². The number of aryl methyl sites for hydroxylation is 1. The van der Waals surface area contributed by atoms with Gasteiger partial charge in [-0.1, -0.05) is 6.07 Å².